The topological polar surface area (TPSA) is 17.8 Å². The molecule has 2 aromatic rings. The van der Waals surface area contributed by atoms with Crippen LogP contribution >= 0.6 is 0 Å². The molecule has 22 heavy (non-hydrogen) atoms. The second-order valence-corrected chi connectivity index (χ2v) is 7.29. The van der Waals surface area contributed by atoms with E-state index in [1.165, 1.54) is 33.5 Å². The van der Waals surface area contributed by atoms with Crippen molar-refractivity contribution in [3.63, 3.8) is 0 Å². The predicted molar refractivity (Wildman–Crippen MR) is 95.5 cm³/mol. The fourth-order valence-electron chi connectivity index (χ4n) is 3.56. The van der Waals surface area contributed by atoms with Crippen LogP contribution in [-0.2, 0) is 6.42 Å². The Balaban J connectivity index is 2.59. The van der Waals surface area contributed by atoms with Crippen LogP contribution < -0.4 is 0 Å². The molecule has 0 saturated heterocycles. The number of nitrogens with zero attached hydrogens (tertiary/aromatic N) is 2. The fourth-order valence-corrected chi connectivity index (χ4v) is 3.56. The van der Waals surface area contributed by atoms with Crippen LogP contribution in [-0.4, -0.2) is 9.78 Å². The van der Waals surface area contributed by atoms with E-state index in [2.05, 4.69) is 72.2 Å². The Morgan fingerprint density at radius 2 is 1.45 bits per heavy atom. The van der Waals surface area contributed by atoms with Crippen LogP contribution in [0.25, 0.3) is 11.1 Å². The van der Waals surface area contributed by atoms with Crippen molar-refractivity contribution in [2.75, 3.05) is 0 Å². The summed E-state index contributed by atoms with van der Waals surface area (Å²) >= 11 is 0. The fraction of sp³-hybridized carbons (Fsp3) is 0.550. The Morgan fingerprint density at radius 1 is 0.909 bits per heavy atom. The van der Waals surface area contributed by atoms with E-state index in [1.54, 1.807) is 0 Å². The second-order valence-electron chi connectivity index (χ2n) is 7.29. The molecule has 0 radical (unpaired) electrons. The molecule has 0 aliphatic rings. The SMILES string of the molecule is Cc1cc(CC(C)C)cc(C)c1-c1c(C)nn(C(C)C)c1C. The molecule has 0 atom stereocenters. The maximum atomic E-state index is 4.76. The molecule has 0 aliphatic carbocycles. The highest BCUT2D eigenvalue weighted by Crippen LogP contribution is 2.34. The smallest absolute Gasteiger partial charge is 0.0675 e. The molecule has 0 N–H and O–H groups in total. The Bertz CT molecular complexity index is 652. The summed E-state index contributed by atoms with van der Waals surface area (Å²) in [7, 11) is 0. The Kier molecular flexibility index (Phi) is 4.79. The zero-order chi connectivity index (χ0) is 16.6. The van der Waals surface area contributed by atoms with E-state index < -0.39 is 0 Å². The number of aryl methyl sites for hydroxylation is 3. The van der Waals surface area contributed by atoms with Gasteiger partial charge in [0.2, 0.25) is 0 Å². The van der Waals surface area contributed by atoms with Gasteiger partial charge >= 0.3 is 0 Å². The number of hydrogen-bond donors (Lipinski definition) is 0. The van der Waals surface area contributed by atoms with E-state index in [0.717, 1.165) is 12.1 Å². The van der Waals surface area contributed by atoms with Crippen LogP contribution in [0, 0.1) is 33.6 Å². The number of aromatic nitrogens is 2. The van der Waals surface area contributed by atoms with Gasteiger partial charge in [-0.2, -0.15) is 5.10 Å². The van der Waals surface area contributed by atoms with Crippen molar-refractivity contribution in [1.29, 1.82) is 0 Å². The summed E-state index contributed by atoms with van der Waals surface area (Å²) in [5.41, 5.74) is 9.27. The van der Waals surface area contributed by atoms with Crippen LogP contribution in [0.2, 0.25) is 0 Å². The van der Waals surface area contributed by atoms with Gasteiger partial charge < -0.3 is 0 Å². The predicted octanol–water partition coefficient (Wildman–Crippen LogP) is 5.56. The third-order valence-electron chi connectivity index (χ3n) is 4.30. The monoisotopic (exact) mass is 298 g/mol. The first-order valence-electron chi connectivity index (χ1n) is 8.38. The molecule has 2 rings (SSSR count). The summed E-state index contributed by atoms with van der Waals surface area (Å²) in [6.45, 7) is 17.7. The van der Waals surface area contributed by atoms with Gasteiger partial charge in [0.05, 0.1) is 5.69 Å². The molecule has 0 bridgehead atoms. The lowest BCUT2D eigenvalue weighted by molar-refractivity contribution is 0.516. The lowest BCUT2D eigenvalue weighted by Gasteiger charge is -2.15. The number of benzene rings is 1. The summed E-state index contributed by atoms with van der Waals surface area (Å²) < 4.78 is 2.14. The largest absolute Gasteiger partial charge is 0.266 e. The summed E-state index contributed by atoms with van der Waals surface area (Å²) in [6.07, 6.45) is 1.14. The van der Waals surface area contributed by atoms with Crippen molar-refractivity contribution in [3.05, 3.63) is 40.2 Å². The molecular formula is C20H30N2. The molecule has 0 spiro atoms. The summed E-state index contributed by atoms with van der Waals surface area (Å²) in [5, 5.41) is 4.76. The van der Waals surface area contributed by atoms with Crippen molar-refractivity contribution in [1.82, 2.24) is 9.78 Å². The summed E-state index contributed by atoms with van der Waals surface area (Å²) in [6, 6.07) is 5.11. The molecule has 0 fully saturated rings. The van der Waals surface area contributed by atoms with E-state index in [9.17, 15) is 0 Å². The van der Waals surface area contributed by atoms with Crippen molar-refractivity contribution in [2.24, 2.45) is 5.92 Å². The number of hydrogen-bond acceptors (Lipinski definition) is 1. The van der Waals surface area contributed by atoms with Crippen LogP contribution in [0.5, 0.6) is 0 Å². The van der Waals surface area contributed by atoms with E-state index >= 15 is 0 Å². The molecule has 2 heteroatoms. The summed E-state index contributed by atoms with van der Waals surface area (Å²) in [4.78, 5) is 0. The molecular weight excluding hydrogens is 268 g/mol. The van der Waals surface area contributed by atoms with Crippen molar-refractivity contribution >= 4 is 0 Å². The second kappa shape index (κ2) is 6.28. The lowest BCUT2D eigenvalue weighted by atomic mass is 9.90. The molecule has 1 aromatic heterocycles. The average molecular weight is 298 g/mol. The zero-order valence-corrected chi connectivity index (χ0v) is 15.4. The maximum absolute atomic E-state index is 4.76. The van der Waals surface area contributed by atoms with E-state index in [1.807, 2.05) is 0 Å². The van der Waals surface area contributed by atoms with Crippen molar-refractivity contribution in [3.8, 4) is 11.1 Å². The van der Waals surface area contributed by atoms with Crippen LogP contribution in [0.15, 0.2) is 12.1 Å². The first kappa shape index (κ1) is 16.8. The van der Waals surface area contributed by atoms with Crippen molar-refractivity contribution in [2.45, 2.75) is 67.9 Å². The quantitative estimate of drug-likeness (QED) is 0.722. The van der Waals surface area contributed by atoms with Crippen molar-refractivity contribution < 1.29 is 0 Å². The van der Waals surface area contributed by atoms with Gasteiger partial charge in [0.15, 0.2) is 0 Å². The highest BCUT2D eigenvalue weighted by Gasteiger charge is 2.18. The Morgan fingerprint density at radius 3 is 1.86 bits per heavy atom. The zero-order valence-electron chi connectivity index (χ0n) is 15.4. The minimum atomic E-state index is 0.397. The third-order valence-corrected chi connectivity index (χ3v) is 4.30. The third kappa shape index (κ3) is 3.11. The lowest BCUT2D eigenvalue weighted by Crippen LogP contribution is -2.05. The van der Waals surface area contributed by atoms with E-state index in [4.69, 9.17) is 5.10 Å². The molecule has 0 aliphatic heterocycles. The molecule has 2 nitrogen and oxygen atoms in total. The van der Waals surface area contributed by atoms with E-state index in [-0.39, 0.29) is 0 Å². The van der Waals surface area contributed by atoms with Gasteiger partial charge in [-0.1, -0.05) is 26.0 Å². The van der Waals surface area contributed by atoms with E-state index in [0.29, 0.717) is 12.0 Å². The Hall–Kier alpha value is -1.57. The standard InChI is InChI=1S/C20H30N2/c1-12(2)9-18-10-14(5)19(15(6)11-18)20-16(7)21-22(13(3)4)17(20)8/h10-13H,9H2,1-8H3. The van der Waals surface area contributed by atoms with Crippen LogP contribution in [0.1, 0.15) is 61.8 Å². The average Bonchev–Trinajstić information content (AvgIpc) is 2.65. The molecule has 0 amide bonds. The van der Waals surface area contributed by atoms with Crippen LogP contribution in [0.3, 0.4) is 0 Å². The van der Waals surface area contributed by atoms with Gasteiger partial charge in [-0.25, -0.2) is 0 Å². The number of rotatable bonds is 4. The highest BCUT2D eigenvalue weighted by atomic mass is 15.3. The molecule has 0 saturated carbocycles. The first-order valence-corrected chi connectivity index (χ1v) is 8.38. The van der Waals surface area contributed by atoms with Gasteiger partial charge in [0.1, 0.15) is 0 Å². The van der Waals surface area contributed by atoms with Gasteiger partial charge in [0.25, 0.3) is 0 Å². The normalized spacial score (nSPS) is 11.7. The van der Waals surface area contributed by atoms with Gasteiger partial charge in [-0.15, -0.1) is 0 Å². The minimum absolute atomic E-state index is 0.397. The summed E-state index contributed by atoms with van der Waals surface area (Å²) in [5.74, 6) is 0.691. The van der Waals surface area contributed by atoms with Gasteiger partial charge in [0, 0.05) is 17.3 Å². The maximum Gasteiger partial charge on any atom is 0.0675 e. The molecule has 1 heterocycles. The van der Waals surface area contributed by atoms with Gasteiger partial charge in [-0.05, 0) is 76.1 Å². The molecule has 120 valence electrons. The molecule has 0 unspecified atom stereocenters. The molecule has 1 aromatic carbocycles. The first-order chi connectivity index (χ1) is 10.2. The van der Waals surface area contributed by atoms with Gasteiger partial charge in [-0.3, -0.25) is 4.68 Å². The van der Waals surface area contributed by atoms with Crippen LogP contribution in [0.4, 0.5) is 0 Å². The Labute approximate surface area is 135 Å². The minimum Gasteiger partial charge on any atom is -0.266 e. The highest BCUT2D eigenvalue weighted by molar-refractivity contribution is 5.75.